The molecule has 2 aliphatic rings. The standard InChI is InChI=1S/C18H21N3O3/c22-18(19-9-14-7-4-8-23-14)17-15-11-24-16(10-21(15)12-20-17)13-5-2-1-3-6-13/h1-3,5-6,12,14,16H,4,7-11H2,(H,19,22)/t14-,16+/m1/s1. The Morgan fingerprint density at radius 3 is 2.96 bits per heavy atom. The molecule has 2 atom stereocenters. The number of hydrogen-bond acceptors (Lipinski definition) is 4. The highest BCUT2D eigenvalue weighted by Gasteiger charge is 2.26. The van der Waals surface area contributed by atoms with Gasteiger partial charge in [0.25, 0.3) is 5.91 Å². The van der Waals surface area contributed by atoms with Crippen molar-refractivity contribution in [3.8, 4) is 0 Å². The molecule has 1 N–H and O–H groups in total. The summed E-state index contributed by atoms with van der Waals surface area (Å²) in [6.07, 6.45) is 3.93. The number of carbonyl (C=O) groups is 1. The van der Waals surface area contributed by atoms with E-state index in [1.165, 1.54) is 0 Å². The van der Waals surface area contributed by atoms with Crippen LogP contribution in [0.15, 0.2) is 36.7 Å². The van der Waals surface area contributed by atoms with Gasteiger partial charge in [0, 0.05) is 13.2 Å². The van der Waals surface area contributed by atoms with Crippen LogP contribution in [0.3, 0.4) is 0 Å². The smallest absolute Gasteiger partial charge is 0.271 e. The third-order valence-electron chi connectivity index (χ3n) is 4.63. The first-order chi connectivity index (χ1) is 11.8. The zero-order chi connectivity index (χ0) is 16.4. The average Bonchev–Trinajstić information content (AvgIpc) is 3.29. The molecule has 1 aromatic carbocycles. The van der Waals surface area contributed by atoms with Gasteiger partial charge in [-0.05, 0) is 18.4 Å². The minimum atomic E-state index is -0.152. The monoisotopic (exact) mass is 327 g/mol. The molecule has 0 spiro atoms. The number of carbonyl (C=O) groups excluding carboxylic acids is 1. The molecule has 4 rings (SSSR count). The number of hydrogen-bond donors (Lipinski definition) is 1. The molecule has 2 aliphatic heterocycles. The Morgan fingerprint density at radius 1 is 1.29 bits per heavy atom. The number of nitrogens with one attached hydrogen (secondary N) is 1. The summed E-state index contributed by atoms with van der Waals surface area (Å²) in [4.78, 5) is 16.7. The number of fused-ring (bicyclic) bond motifs is 1. The van der Waals surface area contributed by atoms with Gasteiger partial charge in [0.15, 0.2) is 5.69 Å². The van der Waals surface area contributed by atoms with Gasteiger partial charge in [0.1, 0.15) is 6.10 Å². The summed E-state index contributed by atoms with van der Waals surface area (Å²) in [7, 11) is 0. The second-order valence-corrected chi connectivity index (χ2v) is 6.25. The Kier molecular flexibility index (Phi) is 4.32. The molecular formula is C18H21N3O3. The summed E-state index contributed by atoms with van der Waals surface area (Å²) >= 11 is 0. The van der Waals surface area contributed by atoms with Crippen molar-refractivity contribution in [1.82, 2.24) is 14.9 Å². The summed E-state index contributed by atoms with van der Waals surface area (Å²) < 4.78 is 13.5. The quantitative estimate of drug-likeness (QED) is 0.933. The van der Waals surface area contributed by atoms with Crippen molar-refractivity contribution in [3.05, 3.63) is 53.6 Å². The molecule has 24 heavy (non-hydrogen) atoms. The highest BCUT2D eigenvalue weighted by Crippen LogP contribution is 2.27. The second kappa shape index (κ2) is 6.75. The zero-order valence-electron chi connectivity index (χ0n) is 13.5. The van der Waals surface area contributed by atoms with Gasteiger partial charge >= 0.3 is 0 Å². The molecule has 126 valence electrons. The van der Waals surface area contributed by atoms with Crippen LogP contribution in [-0.2, 0) is 22.6 Å². The minimum absolute atomic E-state index is 0.00398. The highest BCUT2D eigenvalue weighted by molar-refractivity contribution is 5.93. The molecule has 0 bridgehead atoms. The fourth-order valence-electron chi connectivity index (χ4n) is 3.28. The molecule has 1 aromatic heterocycles. The van der Waals surface area contributed by atoms with E-state index in [-0.39, 0.29) is 18.1 Å². The molecule has 0 radical (unpaired) electrons. The van der Waals surface area contributed by atoms with Crippen LogP contribution in [0.5, 0.6) is 0 Å². The molecule has 6 heteroatoms. The molecule has 3 heterocycles. The normalized spacial score (nSPS) is 23.0. The SMILES string of the molecule is O=C(NC[C@H]1CCCO1)c1ncn2c1CO[C@H](c1ccccc1)C2. The lowest BCUT2D eigenvalue weighted by molar-refractivity contribution is 0.00256. The average molecular weight is 327 g/mol. The summed E-state index contributed by atoms with van der Waals surface area (Å²) in [6.45, 7) is 2.39. The van der Waals surface area contributed by atoms with Gasteiger partial charge in [-0.2, -0.15) is 0 Å². The van der Waals surface area contributed by atoms with E-state index < -0.39 is 0 Å². The fraction of sp³-hybridized carbons (Fsp3) is 0.444. The number of aromatic nitrogens is 2. The van der Waals surface area contributed by atoms with E-state index in [4.69, 9.17) is 9.47 Å². The van der Waals surface area contributed by atoms with Gasteiger partial charge in [-0.1, -0.05) is 30.3 Å². The van der Waals surface area contributed by atoms with Crippen molar-refractivity contribution in [2.75, 3.05) is 13.2 Å². The van der Waals surface area contributed by atoms with Gasteiger partial charge in [0.2, 0.25) is 0 Å². The van der Waals surface area contributed by atoms with E-state index in [9.17, 15) is 4.79 Å². The van der Waals surface area contributed by atoms with Crippen LogP contribution in [0.4, 0.5) is 0 Å². The van der Waals surface area contributed by atoms with Crippen molar-refractivity contribution in [3.63, 3.8) is 0 Å². The molecule has 6 nitrogen and oxygen atoms in total. The zero-order valence-corrected chi connectivity index (χ0v) is 13.5. The van der Waals surface area contributed by atoms with Crippen LogP contribution < -0.4 is 5.32 Å². The summed E-state index contributed by atoms with van der Waals surface area (Å²) in [5.74, 6) is -0.152. The highest BCUT2D eigenvalue weighted by atomic mass is 16.5. The first-order valence-electron chi connectivity index (χ1n) is 8.41. The molecule has 0 aliphatic carbocycles. The Morgan fingerprint density at radius 2 is 2.17 bits per heavy atom. The number of amides is 1. The van der Waals surface area contributed by atoms with Crippen molar-refractivity contribution in [2.45, 2.75) is 38.2 Å². The van der Waals surface area contributed by atoms with Gasteiger partial charge in [-0.3, -0.25) is 4.79 Å². The van der Waals surface area contributed by atoms with E-state index in [1.807, 2.05) is 22.8 Å². The van der Waals surface area contributed by atoms with E-state index >= 15 is 0 Å². The van der Waals surface area contributed by atoms with Gasteiger partial charge in [0.05, 0.1) is 31.3 Å². The van der Waals surface area contributed by atoms with Gasteiger partial charge < -0.3 is 19.4 Å². The molecule has 1 amide bonds. The first kappa shape index (κ1) is 15.4. The topological polar surface area (TPSA) is 65.4 Å². The van der Waals surface area contributed by atoms with Gasteiger partial charge in [-0.25, -0.2) is 4.98 Å². The van der Waals surface area contributed by atoms with Crippen molar-refractivity contribution >= 4 is 5.91 Å². The number of nitrogens with zero attached hydrogens (tertiary/aromatic N) is 2. The lowest BCUT2D eigenvalue weighted by Crippen LogP contribution is -2.33. The van der Waals surface area contributed by atoms with Crippen LogP contribution >= 0.6 is 0 Å². The van der Waals surface area contributed by atoms with Crippen LogP contribution in [0.1, 0.15) is 40.7 Å². The summed E-state index contributed by atoms with van der Waals surface area (Å²) in [5, 5.41) is 2.92. The third-order valence-corrected chi connectivity index (χ3v) is 4.63. The summed E-state index contributed by atoms with van der Waals surface area (Å²) in [5.41, 5.74) is 2.44. The van der Waals surface area contributed by atoms with E-state index in [0.717, 1.165) is 30.7 Å². The molecule has 0 unspecified atom stereocenters. The number of ether oxygens (including phenoxy) is 2. The Hall–Kier alpha value is -2.18. The van der Waals surface area contributed by atoms with E-state index in [2.05, 4.69) is 22.4 Å². The largest absolute Gasteiger partial charge is 0.376 e. The van der Waals surface area contributed by atoms with E-state index in [1.54, 1.807) is 6.33 Å². The maximum absolute atomic E-state index is 12.4. The van der Waals surface area contributed by atoms with Crippen molar-refractivity contribution in [1.29, 1.82) is 0 Å². The minimum Gasteiger partial charge on any atom is -0.376 e. The predicted molar refractivity (Wildman–Crippen MR) is 87.5 cm³/mol. The second-order valence-electron chi connectivity index (χ2n) is 6.25. The van der Waals surface area contributed by atoms with Crippen molar-refractivity contribution in [2.24, 2.45) is 0 Å². The van der Waals surface area contributed by atoms with Crippen LogP contribution in [0, 0.1) is 0 Å². The number of rotatable bonds is 4. The van der Waals surface area contributed by atoms with Crippen LogP contribution in [-0.4, -0.2) is 34.7 Å². The molecule has 2 aromatic rings. The van der Waals surface area contributed by atoms with Crippen LogP contribution in [0.25, 0.3) is 0 Å². The number of imidazole rings is 1. The van der Waals surface area contributed by atoms with E-state index in [0.29, 0.717) is 25.4 Å². The molecule has 1 saturated heterocycles. The molecular weight excluding hydrogens is 306 g/mol. The molecule has 0 saturated carbocycles. The van der Waals surface area contributed by atoms with Gasteiger partial charge in [-0.15, -0.1) is 0 Å². The Labute approximate surface area is 140 Å². The molecule has 1 fully saturated rings. The number of benzene rings is 1. The first-order valence-corrected chi connectivity index (χ1v) is 8.41. The third kappa shape index (κ3) is 3.07. The van der Waals surface area contributed by atoms with Crippen LogP contribution in [0.2, 0.25) is 0 Å². The Balaban J connectivity index is 1.43. The lowest BCUT2D eigenvalue weighted by atomic mass is 10.1. The maximum atomic E-state index is 12.4. The predicted octanol–water partition coefficient (Wildman–Crippen LogP) is 2.06. The maximum Gasteiger partial charge on any atom is 0.271 e. The van der Waals surface area contributed by atoms with Crippen molar-refractivity contribution < 1.29 is 14.3 Å². The Bertz CT molecular complexity index is 708. The lowest BCUT2D eigenvalue weighted by Gasteiger charge is -2.25. The summed E-state index contributed by atoms with van der Waals surface area (Å²) in [6, 6.07) is 10.1. The fourth-order valence-corrected chi connectivity index (χ4v) is 3.28.